The number of hydrogen-bond donors (Lipinski definition) is 1. The first-order valence-corrected chi connectivity index (χ1v) is 17.5. The number of benzene rings is 4. The lowest BCUT2D eigenvalue weighted by Gasteiger charge is -2.26. The van der Waals surface area contributed by atoms with Crippen LogP contribution in [0.4, 0.5) is 5.69 Å². The zero-order chi connectivity index (χ0) is 34.1. The molecule has 5 aromatic rings. The SMILES string of the molecule is CCN1C(=O)c2cccc3c(CCCCCCn4cc[n+](CCCNc5ccc6c7c(cccc57)C(=O)N(CC)C6=O)c4)ccc(c23)C1=O. The van der Waals surface area contributed by atoms with Gasteiger partial charge in [0, 0.05) is 70.2 Å². The molecule has 0 saturated carbocycles. The fourth-order valence-electron chi connectivity index (χ4n) is 7.45. The summed E-state index contributed by atoms with van der Waals surface area (Å²) in [6.45, 7) is 7.00. The molecule has 0 unspecified atom stereocenters. The molecule has 0 radical (unpaired) electrons. The molecule has 9 heteroatoms. The molecule has 0 bridgehead atoms. The molecule has 2 aliphatic rings. The zero-order valence-corrected chi connectivity index (χ0v) is 28.2. The van der Waals surface area contributed by atoms with E-state index >= 15 is 0 Å². The van der Waals surface area contributed by atoms with Gasteiger partial charge in [-0.1, -0.05) is 36.8 Å². The van der Waals surface area contributed by atoms with Crippen molar-refractivity contribution in [1.82, 2.24) is 14.4 Å². The van der Waals surface area contributed by atoms with Gasteiger partial charge in [-0.3, -0.25) is 29.0 Å². The first-order valence-electron chi connectivity index (χ1n) is 17.5. The molecule has 49 heavy (non-hydrogen) atoms. The number of unbranched alkanes of at least 4 members (excludes halogenated alkanes) is 3. The number of nitrogens with one attached hydrogen (secondary N) is 1. The molecular formula is C40H42N5O4+. The summed E-state index contributed by atoms with van der Waals surface area (Å²) in [4.78, 5) is 54.3. The lowest BCUT2D eigenvalue weighted by molar-refractivity contribution is -0.696. The molecule has 4 amide bonds. The topological polar surface area (TPSA) is 95.6 Å². The Morgan fingerprint density at radius 1 is 0.633 bits per heavy atom. The second-order valence-corrected chi connectivity index (χ2v) is 12.9. The molecular weight excluding hydrogens is 614 g/mol. The van der Waals surface area contributed by atoms with Crippen LogP contribution in [-0.2, 0) is 19.5 Å². The van der Waals surface area contributed by atoms with Crippen LogP contribution in [0.2, 0.25) is 0 Å². The molecule has 1 aromatic heterocycles. The number of anilines is 1. The van der Waals surface area contributed by atoms with Gasteiger partial charge >= 0.3 is 0 Å². The first-order chi connectivity index (χ1) is 23.9. The number of aromatic nitrogens is 2. The largest absolute Gasteiger partial charge is 0.384 e. The van der Waals surface area contributed by atoms with Crippen molar-refractivity contribution in [1.29, 1.82) is 0 Å². The molecule has 0 saturated heterocycles. The number of carbonyl (C=O) groups is 4. The van der Waals surface area contributed by atoms with E-state index in [0.29, 0.717) is 35.3 Å². The quantitative estimate of drug-likeness (QED) is 0.0824. The van der Waals surface area contributed by atoms with Crippen LogP contribution in [-0.4, -0.2) is 57.6 Å². The first kappa shape index (κ1) is 32.2. The molecule has 7 rings (SSSR count). The molecule has 250 valence electrons. The van der Waals surface area contributed by atoms with Gasteiger partial charge in [0.25, 0.3) is 23.6 Å². The van der Waals surface area contributed by atoms with E-state index in [9.17, 15) is 19.2 Å². The third-order valence-corrected chi connectivity index (χ3v) is 9.97. The average Bonchev–Trinajstić information content (AvgIpc) is 3.57. The van der Waals surface area contributed by atoms with Crippen molar-refractivity contribution in [2.24, 2.45) is 0 Å². The summed E-state index contributed by atoms with van der Waals surface area (Å²) in [5.74, 6) is -0.847. The Morgan fingerprint density at radius 3 is 1.90 bits per heavy atom. The number of hydrogen-bond acceptors (Lipinski definition) is 5. The van der Waals surface area contributed by atoms with Gasteiger partial charge in [-0.05, 0) is 80.8 Å². The number of imidazole rings is 1. The van der Waals surface area contributed by atoms with Crippen LogP contribution in [0, 0.1) is 0 Å². The van der Waals surface area contributed by atoms with Crippen molar-refractivity contribution >= 4 is 50.9 Å². The lowest BCUT2D eigenvalue weighted by Crippen LogP contribution is -2.40. The van der Waals surface area contributed by atoms with Crippen molar-refractivity contribution < 1.29 is 23.7 Å². The summed E-state index contributed by atoms with van der Waals surface area (Å²) >= 11 is 0. The number of nitrogens with zero attached hydrogens (tertiary/aromatic N) is 4. The van der Waals surface area contributed by atoms with E-state index in [1.807, 2.05) is 62.4 Å². The molecule has 0 aliphatic carbocycles. The minimum absolute atomic E-state index is 0.197. The van der Waals surface area contributed by atoms with Gasteiger partial charge in [-0.25, -0.2) is 9.13 Å². The zero-order valence-electron chi connectivity index (χ0n) is 28.2. The molecule has 0 atom stereocenters. The maximum absolute atomic E-state index is 12.9. The molecule has 3 heterocycles. The van der Waals surface area contributed by atoms with Gasteiger partial charge in [0.2, 0.25) is 6.33 Å². The van der Waals surface area contributed by atoms with E-state index in [2.05, 4.69) is 39.2 Å². The Hall–Kier alpha value is -5.31. The van der Waals surface area contributed by atoms with Gasteiger partial charge in [0.1, 0.15) is 12.4 Å². The fraction of sp³-hybridized carbons (Fsp3) is 0.325. The number of carbonyl (C=O) groups excluding carboxylic acids is 4. The van der Waals surface area contributed by atoms with Crippen LogP contribution in [0.1, 0.15) is 92.9 Å². The van der Waals surface area contributed by atoms with Gasteiger partial charge < -0.3 is 5.32 Å². The summed E-state index contributed by atoms with van der Waals surface area (Å²) in [7, 11) is 0. The van der Waals surface area contributed by atoms with E-state index in [1.54, 1.807) is 6.07 Å². The van der Waals surface area contributed by atoms with Gasteiger partial charge in [0.05, 0.1) is 13.1 Å². The van der Waals surface area contributed by atoms with Crippen molar-refractivity contribution in [3.63, 3.8) is 0 Å². The number of rotatable bonds is 14. The second-order valence-electron chi connectivity index (χ2n) is 12.9. The van der Waals surface area contributed by atoms with E-state index in [4.69, 9.17) is 0 Å². The monoisotopic (exact) mass is 656 g/mol. The maximum atomic E-state index is 12.9. The summed E-state index contributed by atoms with van der Waals surface area (Å²) in [6.07, 6.45) is 12.7. The summed E-state index contributed by atoms with van der Waals surface area (Å²) in [6, 6.07) is 19.2. The predicted molar refractivity (Wildman–Crippen MR) is 190 cm³/mol. The third-order valence-electron chi connectivity index (χ3n) is 9.97. The average molecular weight is 657 g/mol. The minimum Gasteiger partial charge on any atom is -0.384 e. The molecule has 0 spiro atoms. The van der Waals surface area contributed by atoms with Crippen LogP contribution in [0.25, 0.3) is 21.5 Å². The Kier molecular flexibility index (Phi) is 8.99. The number of amides is 4. The van der Waals surface area contributed by atoms with E-state index in [-0.39, 0.29) is 23.6 Å². The highest BCUT2D eigenvalue weighted by molar-refractivity contribution is 6.27. The number of aryl methyl sites for hydroxylation is 3. The van der Waals surface area contributed by atoms with Crippen LogP contribution >= 0.6 is 0 Å². The Balaban J connectivity index is 0.865. The summed E-state index contributed by atoms with van der Waals surface area (Å²) in [5, 5.41) is 7.02. The Bertz CT molecular complexity index is 2070. The molecule has 0 fully saturated rings. The van der Waals surface area contributed by atoms with Crippen molar-refractivity contribution in [2.45, 2.75) is 65.5 Å². The highest BCUT2D eigenvalue weighted by atomic mass is 16.2. The standard InChI is InChI=1S/C40H41N5O4/c1-3-44-37(46)30-15-9-13-28-27(17-18-32(35(28)30)39(44)48)12-7-5-6-8-22-42-24-25-43(26-42)23-11-21-41-34-20-19-33-36-29(34)14-10-16-31(36)38(47)45(4-2)40(33)49/h9-10,13-20,24-26H,3-8,11-12,21-23H2,1-2H3/p+1. The molecule has 1 N–H and O–H groups in total. The highest BCUT2D eigenvalue weighted by Gasteiger charge is 2.33. The predicted octanol–water partition coefficient (Wildman–Crippen LogP) is 6.62. The van der Waals surface area contributed by atoms with Crippen LogP contribution < -0.4 is 9.88 Å². The van der Waals surface area contributed by atoms with Crippen LogP contribution in [0.5, 0.6) is 0 Å². The van der Waals surface area contributed by atoms with E-state index < -0.39 is 0 Å². The van der Waals surface area contributed by atoms with E-state index in [1.165, 1.54) is 15.4 Å². The lowest BCUT2D eigenvalue weighted by atomic mass is 9.90. The van der Waals surface area contributed by atoms with Crippen LogP contribution in [0.3, 0.4) is 0 Å². The third kappa shape index (κ3) is 5.87. The van der Waals surface area contributed by atoms with Crippen LogP contribution in [0.15, 0.2) is 79.4 Å². The molecule has 9 nitrogen and oxygen atoms in total. The normalized spacial score (nSPS) is 14.1. The van der Waals surface area contributed by atoms with Gasteiger partial charge in [-0.2, -0.15) is 0 Å². The van der Waals surface area contributed by atoms with E-state index in [0.717, 1.165) is 85.4 Å². The summed E-state index contributed by atoms with van der Waals surface area (Å²) in [5.41, 5.74) is 4.57. The highest BCUT2D eigenvalue weighted by Crippen LogP contribution is 2.35. The molecule has 4 aromatic carbocycles. The Morgan fingerprint density at radius 2 is 1.22 bits per heavy atom. The smallest absolute Gasteiger partial charge is 0.261 e. The Labute approximate surface area is 286 Å². The minimum atomic E-state index is -0.227. The van der Waals surface area contributed by atoms with Gasteiger partial charge in [-0.15, -0.1) is 0 Å². The maximum Gasteiger partial charge on any atom is 0.261 e. The fourth-order valence-corrected chi connectivity index (χ4v) is 7.45. The second kappa shape index (κ2) is 13.7. The van der Waals surface area contributed by atoms with Crippen molar-refractivity contribution in [3.8, 4) is 0 Å². The number of imide groups is 2. The van der Waals surface area contributed by atoms with Crippen molar-refractivity contribution in [3.05, 3.63) is 107 Å². The van der Waals surface area contributed by atoms with Gasteiger partial charge in [0.15, 0.2) is 0 Å². The van der Waals surface area contributed by atoms with Crippen molar-refractivity contribution in [2.75, 3.05) is 25.0 Å². The molecule has 2 aliphatic heterocycles. The summed E-state index contributed by atoms with van der Waals surface area (Å²) < 4.78 is 4.45.